The van der Waals surface area contributed by atoms with Crippen molar-refractivity contribution < 1.29 is 9.66 Å². The molecule has 1 aromatic carbocycles. The quantitative estimate of drug-likeness (QED) is 0.580. The van der Waals surface area contributed by atoms with Crippen LogP contribution in [0.3, 0.4) is 0 Å². The van der Waals surface area contributed by atoms with Gasteiger partial charge in [0.2, 0.25) is 6.54 Å². The van der Waals surface area contributed by atoms with Crippen LogP contribution in [0.15, 0.2) is 30.3 Å². The van der Waals surface area contributed by atoms with E-state index >= 15 is 0 Å². The summed E-state index contributed by atoms with van der Waals surface area (Å²) in [6.45, 7) is 7.78. The van der Waals surface area contributed by atoms with Gasteiger partial charge >= 0.3 is 0 Å². The summed E-state index contributed by atoms with van der Waals surface area (Å²) in [6.07, 6.45) is 0.312. The van der Waals surface area contributed by atoms with Crippen LogP contribution in [-0.4, -0.2) is 17.6 Å². The normalized spacial score (nSPS) is 14.9. The fourth-order valence-corrected chi connectivity index (χ4v) is 1.93. The van der Waals surface area contributed by atoms with E-state index in [2.05, 4.69) is 0 Å². The molecule has 1 rings (SSSR count). The zero-order chi connectivity index (χ0) is 14.5. The standard InChI is InChI=1S/C15H23NO3/c1-5-13(12-9-7-6-8-10-12)19-14(11-16(17)18)15(2,3)4/h6-10,13-14H,5,11H2,1-4H3. The molecular formula is C15H23NO3. The van der Waals surface area contributed by atoms with E-state index in [4.69, 9.17) is 4.74 Å². The molecule has 0 N–H and O–H groups in total. The van der Waals surface area contributed by atoms with Crippen LogP contribution in [0.1, 0.15) is 45.8 Å². The third kappa shape index (κ3) is 4.99. The lowest BCUT2D eigenvalue weighted by Crippen LogP contribution is -2.36. The summed E-state index contributed by atoms with van der Waals surface area (Å²) in [7, 11) is 0. The Kier molecular flexibility index (Phi) is 5.48. The Balaban J connectivity index is 2.84. The Hall–Kier alpha value is -1.42. The molecule has 0 spiro atoms. The van der Waals surface area contributed by atoms with Crippen LogP contribution in [0.5, 0.6) is 0 Å². The number of nitrogens with zero attached hydrogens (tertiary/aromatic N) is 1. The van der Waals surface area contributed by atoms with Crippen molar-refractivity contribution in [1.29, 1.82) is 0 Å². The maximum absolute atomic E-state index is 10.8. The van der Waals surface area contributed by atoms with Crippen molar-refractivity contribution in [1.82, 2.24) is 0 Å². The van der Waals surface area contributed by atoms with Crippen molar-refractivity contribution >= 4 is 0 Å². The second kappa shape index (κ2) is 6.66. The number of ether oxygens (including phenoxy) is 1. The van der Waals surface area contributed by atoms with Crippen LogP contribution in [0.25, 0.3) is 0 Å². The summed E-state index contributed by atoms with van der Waals surface area (Å²) in [5, 5.41) is 10.8. The molecule has 19 heavy (non-hydrogen) atoms. The minimum atomic E-state index is -0.396. The zero-order valence-corrected chi connectivity index (χ0v) is 12.1. The Morgan fingerprint density at radius 3 is 2.26 bits per heavy atom. The predicted octanol–water partition coefficient (Wildman–Crippen LogP) is 3.85. The molecule has 0 amide bonds. The maximum atomic E-state index is 10.8. The highest BCUT2D eigenvalue weighted by atomic mass is 16.6. The largest absolute Gasteiger partial charge is 0.363 e. The number of rotatable bonds is 6. The molecule has 0 bridgehead atoms. The molecule has 4 nitrogen and oxygen atoms in total. The lowest BCUT2D eigenvalue weighted by atomic mass is 9.88. The molecule has 1 aromatic rings. The first kappa shape index (κ1) is 15.6. The van der Waals surface area contributed by atoms with Gasteiger partial charge < -0.3 is 4.74 Å². The number of hydrogen-bond donors (Lipinski definition) is 0. The van der Waals surface area contributed by atoms with Crippen LogP contribution in [0.4, 0.5) is 0 Å². The van der Waals surface area contributed by atoms with E-state index in [-0.39, 0.29) is 23.0 Å². The number of benzene rings is 1. The third-order valence-corrected chi connectivity index (χ3v) is 3.15. The minimum Gasteiger partial charge on any atom is -0.363 e. The van der Waals surface area contributed by atoms with E-state index in [9.17, 15) is 10.1 Å². The average molecular weight is 265 g/mol. The summed E-state index contributed by atoms with van der Waals surface area (Å²) in [4.78, 5) is 10.5. The Morgan fingerprint density at radius 1 is 1.26 bits per heavy atom. The van der Waals surface area contributed by atoms with E-state index in [1.807, 2.05) is 58.0 Å². The average Bonchev–Trinajstić information content (AvgIpc) is 2.33. The van der Waals surface area contributed by atoms with Crippen molar-refractivity contribution in [3.63, 3.8) is 0 Å². The molecular weight excluding hydrogens is 242 g/mol. The lowest BCUT2D eigenvalue weighted by molar-refractivity contribution is -0.496. The van der Waals surface area contributed by atoms with Gasteiger partial charge in [-0.15, -0.1) is 0 Å². The fourth-order valence-electron chi connectivity index (χ4n) is 1.93. The van der Waals surface area contributed by atoms with Gasteiger partial charge in [0.05, 0.1) is 6.10 Å². The molecule has 2 atom stereocenters. The number of hydrogen-bond acceptors (Lipinski definition) is 3. The second-order valence-corrected chi connectivity index (χ2v) is 5.81. The molecule has 4 heteroatoms. The van der Waals surface area contributed by atoms with Gasteiger partial charge in [-0.2, -0.15) is 0 Å². The molecule has 0 heterocycles. The van der Waals surface area contributed by atoms with Crippen molar-refractivity contribution in [2.45, 2.75) is 46.3 Å². The predicted molar refractivity (Wildman–Crippen MR) is 75.7 cm³/mol. The molecule has 0 radical (unpaired) electrons. The molecule has 0 saturated heterocycles. The van der Waals surface area contributed by atoms with Crippen LogP contribution in [-0.2, 0) is 4.74 Å². The molecule has 2 unspecified atom stereocenters. The summed E-state index contributed by atoms with van der Waals surface area (Å²) in [5.41, 5.74) is 0.817. The minimum absolute atomic E-state index is 0.0922. The maximum Gasteiger partial charge on any atom is 0.230 e. The molecule has 0 aromatic heterocycles. The molecule has 0 saturated carbocycles. The van der Waals surface area contributed by atoms with Gasteiger partial charge in [0, 0.05) is 4.92 Å². The van der Waals surface area contributed by atoms with E-state index < -0.39 is 6.10 Å². The highest BCUT2D eigenvalue weighted by Gasteiger charge is 2.32. The Morgan fingerprint density at radius 2 is 1.84 bits per heavy atom. The van der Waals surface area contributed by atoms with Crippen LogP contribution in [0.2, 0.25) is 0 Å². The summed E-state index contributed by atoms with van der Waals surface area (Å²) >= 11 is 0. The van der Waals surface area contributed by atoms with Gasteiger partial charge in [0.1, 0.15) is 6.10 Å². The first-order chi connectivity index (χ1) is 8.84. The molecule has 0 aliphatic rings. The smallest absolute Gasteiger partial charge is 0.230 e. The van der Waals surface area contributed by atoms with Crippen LogP contribution >= 0.6 is 0 Å². The van der Waals surface area contributed by atoms with Crippen LogP contribution in [0, 0.1) is 15.5 Å². The molecule has 106 valence electrons. The summed E-state index contributed by atoms with van der Waals surface area (Å²) in [5.74, 6) is 0. The SMILES string of the molecule is CCC(OC(C[N+](=O)[O-])C(C)(C)C)c1ccccc1. The van der Waals surface area contributed by atoms with Gasteiger partial charge in [-0.25, -0.2) is 0 Å². The zero-order valence-electron chi connectivity index (χ0n) is 12.1. The highest BCUT2D eigenvalue weighted by Crippen LogP contribution is 2.30. The first-order valence-electron chi connectivity index (χ1n) is 6.66. The molecule has 0 aliphatic carbocycles. The van der Waals surface area contributed by atoms with Crippen molar-refractivity contribution in [2.75, 3.05) is 6.54 Å². The van der Waals surface area contributed by atoms with Crippen molar-refractivity contribution in [3.8, 4) is 0 Å². The Labute approximate surface area is 114 Å². The summed E-state index contributed by atoms with van der Waals surface area (Å²) < 4.78 is 6.02. The van der Waals surface area contributed by atoms with E-state index in [1.165, 1.54) is 0 Å². The van der Waals surface area contributed by atoms with Crippen LogP contribution < -0.4 is 0 Å². The van der Waals surface area contributed by atoms with Gasteiger partial charge in [-0.3, -0.25) is 10.1 Å². The van der Waals surface area contributed by atoms with Gasteiger partial charge in [0.25, 0.3) is 0 Å². The summed E-state index contributed by atoms with van der Waals surface area (Å²) in [6, 6.07) is 9.87. The van der Waals surface area contributed by atoms with Gasteiger partial charge in [0.15, 0.2) is 0 Å². The van der Waals surface area contributed by atoms with Gasteiger partial charge in [-0.05, 0) is 17.4 Å². The van der Waals surface area contributed by atoms with E-state index in [1.54, 1.807) is 0 Å². The topological polar surface area (TPSA) is 52.4 Å². The molecule has 0 fully saturated rings. The first-order valence-corrected chi connectivity index (χ1v) is 6.66. The van der Waals surface area contributed by atoms with Gasteiger partial charge in [-0.1, -0.05) is 58.0 Å². The van der Waals surface area contributed by atoms with Crippen molar-refractivity contribution in [3.05, 3.63) is 46.0 Å². The van der Waals surface area contributed by atoms with Crippen molar-refractivity contribution in [2.24, 2.45) is 5.41 Å². The third-order valence-electron chi connectivity index (χ3n) is 3.15. The monoisotopic (exact) mass is 265 g/mol. The van der Waals surface area contributed by atoms with E-state index in [0.717, 1.165) is 12.0 Å². The fraction of sp³-hybridized carbons (Fsp3) is 0.600. The lowest BCUT2D eigenvalue weighted by Gasteiger charge is -2.31. The Bertz CT molecular complexity index is 398. The van der Waals surface area contributed by atoms with E-state index in [0.29, 0.717) is 0 Å². The number of nitro groups is 1. The molecule has 0 aliphatic heterocycles. The second-order valence-electron chi connectivity index (χ2n) is 5.81. The highest BCUT2D eigenvalue weighted by molar-refractivity contribution is 5.17.